The third-order valence-electron chi connectivity index (χ3n) is 3.83. The molecule has 0 aromatic rings. The lowest BCUT2D eigenvalue weighted by molar-refractivity contribution is -0.440. The Kier molecular flexibility index (Phi) is 6.85. The first-order chi connectivity index (χ1) is 11.6. The highest BCUT2D eigenvalue weighted by Gasteiger charge is 2.90. The van der Waals surface area contributed by atoms with Gasteiger partial charge < -0.3 is 4.43 Å². The van der Waals surface area contributed by atoms with Gasteiger partial charge in [-0.15, -0.1) is 6.58 Å². The zero-order chi connectivity index (χ0) is 22.3. The van der Waals surface area contributed by atoms with Crippen LogP contribution in [0.3, 0.4) is 0 Å². The molecule has 162 valence electrons. The molecule has 0 radical (unpaired) electrons. The zero-order valence-corrected chi connectivity index (χ0v) is 15.5. The van der Waals surface area contributed by atoms with E-state index in [0.29, 0.717) is 0 Å². The van der Waals surface area contributed by atoms with Crippen molar-refractivity contribution in [1.82, 2.24) is 0 Å². The molecule has 0 aliphatic carbocycles. The second kappa shape index (κ2) is 7.11. The first-order valence-corrected chi connectivity index (χ1v) is 7.54. The maximum absolute atomic E-state index is 13.5. The summed E-state index contributed by atoms with van der Waals surface area (Å²) in [4.78, 5) is 0. The largest absolute Gasteiger partial charge is 0.460 e. The van der Waals surface area contributed by atoms with Crippen LogP contribution in [0.2, 0.25) is 0 Å². The molecule has 1 nitrogen and oxygen atoms in total. The van der Waals surface area contributed by atoms with Crippen molar-refractivity contribution in [3.05, 3.63) is 12.7 Å². The standard InChI is InChI=1S/C12H13F13OSi/c1-3-6(2,26-27)4-5-7(13,14)8(15,16)9(17,18)10(19,20)11(21,22)12(23,24)25/h3H,1,4-5H2,2,27H3. The van der Waals surface area contributed by atoms with E-state index in [-0.39, 0.29) is 10.5 Å². The highest BCUT2D eigenvalue weighted by molar-refractivity contribution is 5.98. The van der Waals surface area contributed by atoms with Crippen LogP contribution in [0.1, 0.15) is 19.8 Å². The molecule has 0 rings (SSSR count). The highest BCUT2D eigenvalue weighted by atomic mass is 28.2. The maximum atomic E-state index is 13.5. The van der Waals surface area contributed by atoms with E-state index in [2.05, 4.69) is 11.0 Å². The van der Waals surface area contributed by atoms with Gasteiger partial charge in [-0.1, -0.05) is 6.08 Å². The Morgan fingerprint density at radius 3 is 1.37 bits per heavy atom. The second-order valence-electron chi connectivity index (χ2n) is 5.72. The quantitative estimate of drug-likeness (QED) is 0.281. The third-order valence-corrected chi connectivity index (χ3v) is 4.76. The van der Waals surface area contributed by atoms with Crippen LogP contribution in [0.15, 0.2) is 12.7 Å². The Labute approximate surface area is 147 Å². The summed E-state index contributed by atoms with van der Waals surface area (Å²) in [6.45, 7) is 4.08. The Bertz CT molecular complexity index is 542. The molecule has 0 bridgehead atoms. The molecule has 0 heterocycles. The molecule has 0 saturated carbocycles. The summed E-state index contributed by atoms with van der Waals surface area (Å²) in [6, 6.07) is 0. The van der Waals surface area contributed by atoms with E-state index in [1.165, 1.54) is 0 Å². The van der Waals surface area contributed by atoms with Gasteiger partial charge in [0.15, 0.2) is 0 Å². The molecule has 0 N–H and O–H groups in total. The van der Waals surface area contributed by atoms with E-state index in [1.54, 1.807) is 0 Å². The maximum Gasteiger partial charge on any atom is 0.460 e. The summed E-state index contributed by atoms with van der Waals surface area (Å²) in [7, 11) is -0.177. The fraction of sp³-hybridized carbons (Fsp3) is 0.833. The second-order valence-corrected chi connectivity index (χ2v) is 6.13. The Morgan fingerprint density at radius 2 is 1.07 bits per heavy atom. The monoisotopic (exact) mass is 448 g/mol. The van der Waals surface area contributed by atoms with Gasteiger partial charge in [0.1, 0.15) is 10.5 Å². The Morgan fingerprint density at radius 1 is 0.704 bits per heavy atom. The van der Waals surface area contributed by atoms with Crippen LogP contribution in [-0.4, -0.2) is 51.9 Å². The van der Waals surface area contributed by atoms with Crippen molar-refractivity contribution in [2.45, 2.75) is 61.2 Å². The van der Waals surface area contributed by atoms with Crippen molar-refractivity contribution in [1.29, 1.82) is 0 Å². The first kappa shape index (κ1) is 26.0. The van der Waals surface area contributed by atoms with Gasteiger partial charge in [0.25, 0.3) is 0 Å². The number of halogens is 13. The Balaban J connectivity index is 6.05. The van der Waals surface area contributed by atoms with E-state index < -0.39 is 54.2 Å². The minimum Gasteiger partial charge on any atom is -0.419 e. The van der Waals surface area contributed by atoms with Crippen molar-refractivity contribution >= 4 is 10.5 Å². The van der Waals surface area contributed by atoms with Crippen LogP contribution >= 0.6 is 0 Å². The lowest BCUT2D eigenvalue weighted by atomic mass is 9.89. The smallest absolute Gasteiger partial charge is 0.419 e. The van der Waals surface area contributed by atoms with Crippen LogP contribution in [-0.2, 0) is 4.43 Å². The summed E-state index contributed by atoms with van der Waals surface area (Å²) in [5, 5.41) is 0. The minimum atomic E-state index is -7.87. The predicted octanol–water partition coefficient (Wildman–Crippen LogP) is 4.75. The zero-order valence-electron chi connectivity index (χ0n) is 13.5. The number of rotatable bonds is 9. The summed E-state index contributed by atoms with van der Waals surface area (Å²) in [5.74, 6) is -36.7. The average Bonchev–Trinajstić information content (AvgIpc) is 2.50. The fourth-order valence-electron chi connectivity index (χ4n) is 1.65. The molecule has 1 atom stereocenters. The van der Waals surface area contributed by atoms with E-state index in [0.717, 1.165) is 13.0 Å². The molecule has 0 aliphatic heterocycles. The lowest BCUT2D eigenvalue weighted by Crippen LogP contribution is -2.70. The van der Waals surface area contributed by atoms with Gasteiger partial charge in [-0.25, -0.2) is 0 Å². The van der Waals surface area contributed by atoms with Gasteiger partial charge >= 0.3 is 35.8 Å². The summed E-state index contributed by atoms with van der Waals surface area (Å²) in [6.07, 6.45) is -10.1. The molecule has 0 fully saturated rings. The predicted molar refractivity (Wildman–Crippen MR) is 69.6 cm³/mol. The number of alkyl halides is 13. The molecule has 0 amide bonds. The molecule has 0 aromatic heterocycles. The van der Waals surface area contributed by atoms with Gasteiger partial charge in [-0.2, -0.15) is 57.1 Å². The van der Waals surface area contributed by atoms with Crippen LogP contribution in [0.4, 0.5) is 57.1 Å². The highest BCUT2D eigenvalue weighted by Crippen LogP contribution is 2.60. The van der Waals surface area contributed by atoms with Crippen LogP contribution in [0.5, 0.6) is 0 Å². The number of hydrogen-bond acceptors (Lipinski definition) is 1. The first-order valence-electron chi connectivity index (χ1n) is 6.72. The third kappa shape index (κ3) is 4.07. The summed E-state index contributed by atoms with van der Waals surface area (Å²) in [5.41, 5.74) is -1.76. The van der Waals surface area contributed by atoms with E-state index >= 15 is 0 Å². The van der Waals surface area contributed by atoms with Crippen molar-refractivity contribution in [3.63, 3.8) is 0 Å². The van der Waals surface area contributed by atoms with Crippen LogP contribution in [0, 0.1) is 0 Å². The molecule has 0 spiro atoms. The molecule has 15 heteroatoms. The van der Waals surface area contributed by atoms with E-state index in [1.807, 2.05) is 0 Å². The topological polar surface area (TPSA) is 9.23 Å². The summed E-state index contributed by atoms with van der Waals surface area (Å²) < 4.78 is 172. The van der Waals surface area contributed by atoms with Crippen molar-refractivity contribution in [2.75, 3.05) is 0 Å². The van der Waals surface area contributed by atoms with Crippen molar-refractivity contribution in [3.8, 4) is 0 Å². The average molecular weight is 448 g/mol. The normalized spacial score (nSPS) is 17.7. The van der Waals surface area contributed by atoms with Gasteiger partial charge in [0.2, 0.25) is 0 Å². The number of hydrogen-bond donors (Lipinski definition) is 0. The summed E-state index contributed by atoms with van der Waals surface area (Å²) >= 11 is 0. The van der Waals surface area contributed by atoms with Crippen molar-refractivity contribution < 1.29 is 61.5 Å². The SMILES string of the molecule is C=CC(C)(CCC(F)(F)C(F)(F)C(F)(F)C(F)(F)C(F)(F)C(F)(F)F)O[SiH3]. The van der Waals surface area contributed by atoms with E-state index in [9.17, 15) is 57.1 Å². The van der Waals surface area contributed by atoms with Crippen LogP contribution < -0.4 is 0 Å². The Hall–Kier alpha value is -0.993. The van der Waals surface area contributed by atoms with Gasteiger partial charge in [-0.05, 0) is 13.3 Å². The minimum absolute atomic E-state index is 0.177. The van der Waals surface area contributed by atoms with Crippen LogP contribution in [0.25, 0.3) is 0 Å². The molecule has 0 saturated heterocycles. The molecular weight excluding hydrogens is 435 g/mol. The van der Waals surface area contributed by atoms with Crippen molar-refractivity contribution in [2.24, 2.45) is 0 Å². The molecule has 0 aromatic carbocycles. The molecule has 1 unspecified atom stereocenters. The molecule has 27 heavy (non-hydrogen) atoms. The fourth-order valence-corrected chi connectivity index (χ4v) is 2.02. The van der Waals surface area contributed by atoms with E-state index in [4.69, 9.17) is 0 Å². The molecule has 0 aliphatic rings. The molecular formula is C12H13F13OSi. The lowest BCUT2D eigenvalue weighted by Gasteiger charge is -2.40. The van der Waals surface area contributed by atoms with Gasteiger partial charge in [0.05, 0.1) is 5.60 Å². The van der Waals surface area contributed by atoms with Gasteiger partial charge in [-0.3, -0.25) is 0 Å². The van der Waals surface area contributed by atoms with Gasteiger partial charge in [0, 0.05) is 6.42 Å².